The van der Waals surface area contributed by atoms with Gasteiger partial charge in [-0.3, -0.25) is 0 Å². The van der Waals surface area contributed by atoms with Crippen LogP contribution < -0.4 is 0 Å². The van der Waals surface area contributed by atoms with Gasteiger partial charge in [-0.05, 0) is 72.0 Å². The Hall–Kier alpha value is 1.02. The minimum atomic E-state index is -3.51. The first-order chi connectivity index (χ1) is 11.4. The normalized spacial score (nSPS) is 16.8. The van der Waals surface area contributed by atoms with Crippen molar-refractivity contribution >= 4 is 52.1 Å². The maximum Gasteiger partial charge on any atom is 0.652 e. The first-order valence-electron chi connectivity index (χ1n) is 8.95. The standard InChI is InChI=1S/C13H40O7Si6/c1-14-25(16-21(3)4,17-22(5,6)7)20-26(15-2,18-23(8,9)10)19-24(11,12)13/h21H,1-13H3. The number of hydrogen-bond donors (Lipinski definition) is 0. The van der Waals surface area contributed by atoms with Gasteiger partial charge in [-0.1, -0.05) is 0 Å². The van der Waals surface area contributed by atoms with Crippen molar-refractivity contribution in [2.75, 3.05) is 14.2 Å². The molecule has 158 valence electrons. The molecule has 7 nitrogen and oxygen atoms in total. The highest BCUT2D eigenvalue weighted by atomic mass is 28.6. The van der Waals surface area contributed by atoms with E-state index in [1.165, 1.54) is 0 Å². The van der Waals surface area contributed by atoms with Crippen molar-refractivity contribution in [2.45, 2.75) is 72.0 Å². The molecule has 0 heterocycles. The number of rotatable bonds is 12. The van der Waals surface area contributed by atoms with Crippen LogP contribution in [0.25, 0.3) is 0 Å². The zero-order chi connectivity index (χ0) is 21.0. The minimum Gasteiger partial charge on any atom is -0.398 e. The van der Waals surface area contributed by atoms with Crippen molar-refractivity contribution in [3.63, 3.8) is 0 Å². The van der Waals surface area contributed by atoms with E-state index in [9.17, 15) is 0 Å². The zero-order valence-electron chi connectivity index (χ0n) is 18.9. The van der Waals surface area contributed by atoms with Crippen molar-refractivity contribution < 1.29 is 29.4 Å². The number of hydrogen-bond acceptors (Lipinski definition) is 7. The van der Waals surface area contributed by atoms with Crippen LogP contribution in [0, 0.1) is 0 Å². The molecule has 13 heteroatoms. The second-order valence-corrected chi connectivity index (χ2v) is 31.1. The molecule has 0 radical (unpaired) electrons. The Labute approximate surface area is 167 Å². The van der Waals surface area contributed by atoms with Gasteiger partial charge in [0.15, 0.2) is 34.0 Å². The summed E-state index contributed by atoms with van der Waals surface area (Å²) in [5.74, 6) is 0. The lowest BCUT2D eigenvalue weighted by Crippen LogP contribution is -2.68. The molecular formula is C13H40O7Si6. The molecule has 0 spiro atoms. The first-order valence-corrected chi connectivity index (χ1v) is 25.2. The van der Waals surface area contributed by atoms with Crippen LogP contribution in [0.4, 0.5) is 0 Å². The van der Waals surface area contributed by atoms with Crippen LogP contribution >= 0.6 is 0 Å². The summed E-state index contributed by atoms with van der Waals surface area (Å²) < 4.78 is 43.4. The second-order valence-electron chi connectivity index (χ2n) is 9.32. The van der Waals surface area contributed by atoms with E-state index in [-0.39, 0.29) is 0 Å². The third kappa shape index (κ3) is 11.1. The van der Waals surface area contributed by atoms with Gasteiger partial charge in [-0.2, -0.15) is 0 Å². The van der Waals surface area contributed by atoms with Crippen LogP contribution in [-0.2, 0) is 29.4 Å². The molecule has 0 aliphatic carbocycles. The monoisotopic (exact) mass is 476 g/mol. The van der Waals surface area contributed by atoms with E-state index in [1.807, 2.05) is 0 Å². The molecular weight excluding hydrogens is 437 g/mol. The van der Waals surface area contributed by atoms with Gasteiger partial charge >= 0.3 is 18.1 Å². The summed E-state index contributed by atoms with van der Waals surface area (Å²) in [5, 5.41) is 0. The van der Waals surface area contributed by atoms with Gasteiger partial charge in [0.25, 0.3) is 0 Å². The minimum absolute atomic E-state index is 1.52. The van der Waals surface area contributed by atoms with Crippen molar-refractivity contribution in [3.8, 4) is 0 Å². The molecule has 0 bridgehead atoms. The Morgan fingerprint density at radius 2 is 0.808 bits per heavy atom. The first kappa shape index (κ1) is 27.0. The fourth-order valence-corrected chi connectivity index (χ4v) is 20.0. The Morgan fingerprint density at radius 3 is 1.04 bits per heavy atom. The van der Waals surface area contributed by atoms with Gasteiger partial charge in [0.05, 0.1) is 0 Å². The van der Waals surface area contributed by atoms with E-state index >= 15 is 0 Å². The summed E-state index contributed by atoms with van der Waals surface area (Å²) in [4.78, 5) is 0. The topological polar surface area (TPSA) is 64.6 Å². The van der Waals surface area contributed by atoms with E-state index in [2.05, 4.69) is 72.0 Å². The van der Waals surface area contributed by atoms with E-state index < -0.39 is 52.1 Å². The van der Waals surface area contributed by atoms with Crippen molar-refractivity contribution in [3.05, 3.63) is 0 Å². The van der Waals surface area contributed by atoms with Gasteiger partial charge in [-0.25, -0.2) is 0 Å². The molecule has 0 aliphatic rings. The molecule has 0 saturated carbocycles. The van der Waals surface area contributed by atoms with E-state index in [0.29, 0.717) is 0 Å². The summed E-state index contributed by atoms with van der Waals surface area (Å²) in [6.07, 6.45) is 0. The van der Waals surface area contributed by atoms with Crippen molar-refractivity contribution in [2.24, 2.45) is 0 Å². The van der Waals surface area contributed by atoms with Crippen LogP contribution in [0.5, 0.6) is 0 Å². The van der Waals surface area contributed by atoms with Gasteiger partial charge in [0, 0.05) is 14.2 Å². The highest BCUT2D eigenvalue weighted by molar-refractivity contribution is 6.88. The van der Waals surface area contributed by atoms with Crippen molar-refractivity contribution in [1.82, 2.24) is 0 Å². The SMILES string of the molecule is CO[Si](O[SiH](C)C)(O[Si](C)(C)C)O[Si](OC)(O[Si](C)(C)C)O[Si](C)(C)C. The van der Waals surface area contributed by atoms with E-state index in [4.69, 9.17) is 29.4 Å². The molecule has 0 aromatic rings. The predicted molar refractivity (Wildman–Crippen MR) is 120 cm³/mol. The summed E-state index contributed by atoms with van der Waals surface area (Å²) in [7, 11) is -11.5. The average Bonchev–Trinajstić information content (AvgIpc) is 2.31. The lowest BCUT2D eigenvalue weighted by atomic mass is 11.8. The lowest BCUT2D eigenvalue weighted by Gasteiger charge is -2.42. The van der Waals surface area contributed by atoms with E-state index in [0.717, 1.165) is 0 Å². The second kappa shape index (κ2) is 9.68. The third-order valence-corrected chi connectivity index (χ3v) is 18.8. The lowest BCUT2D eigenvalue weighted by molar-refractivity contribution is 0.0331. The van der Waals surface area contributed by atoms with Gasteiger partial charge in [-0.15, -0.1) is 0 Å². The fraction of sp³-hybridized carbons (Fsp3) is 1.00. The van der Waals surface area contributed by atoms with Crippen LogP contribution in [-0.4, -0.2) is 66.3 Å². The highest BCUT2D eigenvalue weighted by Crippen LogP contribution is 2.29. The van der Waals surface area contributed by atoms with Gasteiger partial charge in [0.2, 0.25) is 0 Å². The molecule has 0 fully saturated rings. The molecule has 0 aliphatic heterocycles. The van der Waals surface area contributed by atoms with E-state index in [1.54, 1.807) is 14.2 Å². The average molecular weight is 477 g/mol. The van der Waals surface area contributed by atoms with Crippen molar-refractivity contribution in [1.29, 1.82) is 0 Å². The summed E-state index contributed by atoms with van der Waals surface area (Å²) in [6, 6.07) is 0. The highest BCUT2D eigenvalue weighted by Gasteiger charge is 2.62. The molecule has 0 rings (SSSR count). The maximum atomic E-state index is 6.45. The Kier molecular flexibility index (Phi) is 10.1. The molecule has 0 N–H and O–H groups in total. The molecule has 0 aromatic heterocycles. The van der Waals surface area contributed by atoms with Crippen LogP contribution in [0.2, 0.25) is 72.0 Å². The van der Waals surface area contributed by atoms with Crippen LogP contribution in [0.3, 0.4) is 0 Å². The third-order valence-electron chi connectivity index (χ3n) is 2.42. The molecule has 0 aromatic carbocycles. The molecule has 0 amide bonds. The zero-order valence-corrected chi connectivity index (χ0v) is 25.1. The smallest absolute Gasteiger partial charge is 0.398 e. The van der Waals surface area contributed by atoms with Gasteiger partial charge < -0.3 is 29.4 Å². The summed E-state index contributed by atoms with van der Waals surface area (Å²) >= 11 is 0. The molecule has 0 saturated heterocycles. The summed E-state index contributed by atoms with van der Waals surface area (Å²) in [5.41, 5.74) is 0. The quantitative estimate of drug-likeness (QED) is 0.398. The molecule has 26 heavy (non-hydrogen) atoms. The molecule has 1 atom stereocenters. The van der Waals surface area contributed by atoms with Crippen LogP contribution in [0.1, 0.15) is 0 Å². The Morgan fingerprint density at radius 1 is 0.500 bits per heavy atom. The predicted octanol–water partition coefficient (Wildman–Crippen LogP) is 3.72. The maximum absolute atomic E-state index is 6.45. The molecule has 1 unspecified atom stereocenters. The fourth-order valence-electron chi connectivity index (χ4n) is 1.95. The Bertz CT molecular complexity index is 416. The largest absolute Gasteiger partial charge is 0.652 e. The summed E-state index contributed by atoms with van der Waals surface area (Å²) in [6.45, 7) is 22.9. The Balaban J connectivity index is 6.07. The van der Waals surface area contributed by atoms with Gasteiger partial charge in [0.1, 0.15) is 0 Å². The van der Waals surface area contributed by atoms with Crippen LogP contribution in [0.15, 0.2) is 0 Å².